The van der Waals surface area contributed by atoms with Crippen molar-refractivity contribution in [3.05, 3.63) is 51.9 Å². The molecule has 0 radical (unpaired) electrons. The lowest BCUT2D eigenvalue weighted by molar-refractivity contribution is 0.323. The molecule has 0 saturated carbocycles. The summed E-state index contributed by atoms with van der Waals surface area (Å²) in [5.41, 5.74) is 2.19. The van der Waals surface area contributed by atoms with Crippen LogP contribution >= 0.6 is 0 Å². The monoisotopic (exact) mass is 395 g/mol. The maximum absolute atomic E-state index is 13.4. The number of hydrogen-bond acceptors (Lipinski definition) is 6. The van der Waals surface area contributed by atoms with E-state index in [9.17, 15) is 9.90 Å². The summed E-state index contributed by atoms with van der Waals surface area (Å²) in [4.78, 5) is 15.6. The lowest BCUT2D eigenvalue weighted by Gasteiger charge is -2.17. The zero-order valence-corrected chi connectivity index (χ0v) is 16.9. The van der Waals surface area contributed by atoms with Crippen molar-refractivity contribution in [2.45, 2.75) is 26.3 Å². The first-order chi connectivity index (χ1) is 14.0. The van der Waals surface area contributed by atoms with E-state index in [1.807, 2.05) is 6.07 Å². The molecule has 1 aromatic heterocycles. The number of aromatic hydroxyl groups is 1. The second-order valence-electron chi connectivity index (χ2n) is 7.36. The summed E-state index contributed by atoms with van der Waals surface area (Å²) in [6.45, 7) is 4.32. The minimum absolute atomic E-state index is 0.126. The van der Waals surface area contributed by atoms with Crippen LogP contribution in [-0.2, 0) is 6.54 Å². The second-order valence-corrected chi connectivity index (χ2v) is 7.36. The molecule has 1 fully saturated rings. The number of phenolic OH excluding ortho intramolecular Hbond substituents is 1. The van der Waals surface area contributed by atoms with Crippen LogP contribution in [-0.4, -0.2) is 37.3 Å². The molecule has 0 atom stereocenters. The first-order valence-electron chi connectivity index (χ1n) is 9.76. The van der Waals surface area contributed by atoms with Gasteiger partial charge < -0.3 is 19.0 Å². The molecule has 152 valence electrons. The number of benzene rings is 2. The molecule has 0 aliphatic carbocycles. The van der Waals surface area contributed by atoms with E-state index in [0.717, 1.165) is 25.9 Å². The van der Waals surface area contributed by atoms with Crippen LogP contribution in [0.15, 0.2) is 39.5 Å². The smallest absolute Gasteiger partial charge is 0.200 e. The van der Waals surface area contributed by atoms with Crippen LogP contribution in [0, 0.1) is 6.92 Å². The largest absolute Gasteiger partial charge is 0.507 e. The Kier molecular flexibility index (Phi) is 5.20. The second kappa shape index (κ2) is 7.79. The first kappa shape index (κ1) is 19.3. The Morgan fingerprint density at radius 3 is 2.48 bits per heavy atom. The first-order valence-corrected chi connectivity index (χ1v) is 9.76. The fraction of sp³-hybridized carbons (Fsp3) is 0.348. The number of aryl methyl sites for hydroxylation is 1. The zero-order valence-electron chi connectivity index (χ0n) is 16.9. The van der Waals surface area contributed by atoms with Crippen molar-refractivity contribution < 1.29 is 19.0 Å². The van der Waals surface area contributed by atoms with Gasteiger partial charge in [-0.3, -0.25) is 9.69 Å². The van der Waals surface area contributed by atoms with Crippen LogP contribution in [0.4, 0.5) is 0 Å². The van der Waals surface area contributed by atoms with E-state index in [-0.39, 0.29) is 11.2 Å². The molecule has 6 nitrogen and oxygen atoms in total. The van der Waals surface area contributed by atoms with Crippen LogP contribution in [0.1, 0.15) is 24.2 Å². The third-order valence-electron chi connectivity index (χ3n) is 5.57. The number of phenols is 1. The fourth-order valence-electron chi connectivity index (χ4n) is 4.05. The highest BCUT2D eigenvalue weighted by atomic mass is 16.5. The van der Waals surface area contributed by atoms with Crippen molar-refractivity contribution in [2.24, 2.45) is 0 Å². The van der Waals surface area contributed by atoms with Gasteiger partial charge >= 0.3 is 0 Å². The molecular weight excluding hydrogens is 370 g/mol. The Hall–Kier alpha value is -2.99. The fourth-order valence-corrected chi connectivity index (χ4v) is 4.05. The van der Waals surface area contributed by atoms with Gasteiger partial charge in [-0.1, -0.05) is 6.07 Å². The Bertz CT molecular complexity index is 1110. The number of ether oxygens (including phenoxy) is 2. The molecule has 4 rings (SSSR count). The highest BCUT2D eigenvalue weighted by molar-refractivity contribution is 5.86. The average Bonchev–Trinajstić information content (AvgIpc) is 3.23. The van der Waals surface area contributed by atoms with Crippen LogP contribution in [0.25, 0.3) is 22.1 Å². The van der Waals surface area contributed by atoms with Gasteiger partial charge in [-0.15, -0.1) is 0 Å². The molecule has 1 aliphatic heterocycles. The van der Waals surface area contributed by atoms with E-state index < -0.39 is 0 Å². The molecule has 1 saturated heterocycles. The lowest BCUT2D eigenvalue weighted by Crippen LogP contribution is -2.19. The molecule has 2 heterocycles. The van der Waals surface area contributed by atoms with Gasteiger partial charge in [0, 0.05) is 6.54 Å². The molecule has 2 aromatic carbocycles. The SMILES string of the molecule is COc1ccc(-c2c(C)oc3c(CN4CCCC4)c(O)ccc3c2=O)cc1OC. The van der Waals surface area contributed by atoms with E-state index in [2.05, 4.69) is 4.90 Å². The van der Waals surface area contributed by atoms with Crippen LogP contribution in [0.3, 0.4) is 0 Å². The van der Waals surface area contributed by atoms with Gasteiger partial charge in [-0.25, -0.2) is 0 Å². The summed E-state index contributed by atoms with van der Waals surface area (Å²) >= 11 is 0. The Labute approximate surface area is 169 Å². The van der Waals surface area contributed by atoms with Gasteiger partial charge in [-0.05, 0) is 62.7 Å². The Balaban J connectivity index is 1.88. The molecule has 29 heavy (non-hydrogen) atoms. The molecule has 1 aliphatic rings. The maximum atomic E-state index is 13.4. The van der Waals surface area contributed by atoms with Gasteiger partial charge in [-0.2, -0.15) is 0 Å². The van der Waals surface area contributed by atoms with Crippen molar-refractivity contribution >= 4 is 11.0 Å². The van der Waals surface area contributed by atoms with Gasteiger partial charge in [0.1, 0.15) is 17.1 Å². The molecular formula is C23H25NO5. The predicted octanol–water partition coefficient (Wildman–Crippen LogP) is 4.09. The number of hydrogen-bond donors (Lipinski definition) is 1. The summed E-state index contributed by atoms with van der Waals surface area (Å²) in [5, 5.41) is 10.9. The van der Waals surface area contributed by atoms with E-state index >= 15 is 0 Å². The number of rotatable bonds is 5. The lowest BCUT2D eigenvalue weighted by atomic mass is 10.0. The molecule has 0 bridgehead atoms. The number of fused-ring (bicyclic) bond motifs is 1. The van der Waals surface area contributed by atoms with Gasteiger partial charge in [0.2, 0.25) is 5.43 Å². The van der Waals surface area contributed by atoms with Crippen molar-refractivity contribution in [1.29, 1.82) is 0 Å². The molecule has 0 unspecified atom stereocenters. The summed E-state index contributed by atoms with van der Waals surface area (Å²) < 4.78 is 16.8. The average molecular weight is 395 g/mol. The van der Waals surface area contributed by atoms with Crippen molar-refractivity contribution in [2.75, 3.05) is 27.3 Å². The molecule has 0 spiro atoms. The molecule has 0 amide bonds. The van der Waals surface area contributed by atoms with E-state index in [1.54, 1.807) is 45.4 Å². The number of likely N-dealkylation sites (tertiary alicyclic amines) is 1. The van der Waals surface area contributed by atoms with Crippen LogP contribution in [0.5, 0.6) is 17.2 Å². The summed E-state index contributed by atoms with van der Waals surface area (Å²) in [7, 11) is 3.13. The summed E-state index contributed by atoms with van der Waals surface area (Å²) in [5.74, 6) is 1.80. The highest BCUT2D eigenvalue weighted by Crippen LogP contribution is 2.35. The van der Waals surface area contributed by atoms with Gasteiger partial charge in [0.25, 0.3) is 0 Å². The van der Waals surface area contributed by atoms with E-state index in [1.165, 1.54) is 0 Å². The molecule has 6 heteroatoms. The van der Waals surface area contributed by atoms with Crippen molar-refractivity contribution in [1.82, 2.24) is 4.90 Å². The topological polar surface area (TPSA) is 72.1 Å². The van der Waals surface area contributed by atoms with Gasteiger partial charge in [0.15, 0.2) is 11.5 Å². The summed E-state index contributed by atoms with van der Waals surface area (Å²) in [6.07, 6.45) is 2.30. The minimum Gasteiger partial charge on any atom is -0.507 e. The van der Waals surface area contributed by atoms with E-state index in [0.29, 0.717) is 51.5 Å². The number of methoxy groups -OCH3 is 2. The third-order valence-corrected chi connectivity index (χ3v) is 5.57. The van der Waals surface area contributed by atoms with Crippen molar-refractivity contribution in [3.8, 4) is 28.4 Å². The van der Waals surface area contributed by atoms with Crippen LogP contribution in [0.2, 0.25) is 0 Å². The minimum atomic E-state index is -0.126. The summed E-state index contributed by atoms with van der Waals surface area (Å²) in [6, 6.07) is 8.58. The number of nitrogens with zero attached hydrogens (tertiary/aromatic N) is 1. The normalized spacial score (nSPS) is 14.4. The Morgan fingerprint density at radius 2 is 1.79 bits per heavy atom. The Morgan fingerprint density at radius 1 is 1.07 bits per heavy atom. The van der Waals surface area contributed by atoms with E-state index in [4.69, 9.17) is 13.9 Å². The van der Waals surface area contributed by atoms with Crippen molar-refractivity contribution in [3.63, 3.8) is 0 Å². The predicted molar refractivity (Wildman–Crippen MR) is 112 cm³/mol. The van der Waals surface area contributed by atoms with Gasteiger partial charge in [0.05, 0.1) is 30.7 Å². The maximum Gasteiger partial charge on any atom is 0.200 e. The zero-order chi connectivity index (χ0) is 20.5. The highest BCUT2D eigenvalue weighted by Gasteiger charge is 2.21. The molecule has 3 aromatic rings. The quantitative estimate of drug-likeness (QED) is 0.702. The van der Waals surface area contributed by atoms with Crippen LogP contribution < -0.4 is 14.9 Å². The third kappa shape index (κ3) is 3.44. The standard InChI is InChI=1S/C23H25NO5/c1-14-21(15-6-9-19(27-2)20(12-15)28-3)22(26)16-7-8-18(25)17(23(16)29-14)13-24-10-4-5-11-24/h6-9,12,25H,4-5,10-11,13H2,1-3H3. The molecule has 1 N–H and O–H groups in total.